The molecule has 0 unspecified atom stereocenters. The zero-order valence-electron chi connectivity index (χ0n) is 15.5. The number of anilines is 1. The predicted molar refractivity (Wildman–Crippen MR) is 110 cm³/mol. The first kappa shape index (κ1) is 21.5. The van der Waals surface area contributed by atoms with Gasteiger partial charge in [-0.2, -0.15) is 5.10 Å². The number of carbonyl (C=O) groups is 2. The number of methoxy groups -OCH3 is 2. The molecule has 7 nitrogen and oxygen atoms in total. The molecule has 0 aliphatic carbocycles. The highest BCUT2D eigenvalue weighted by molar-refractivity contribution is 6.42. The van der Waals surface area contributed by atoms with Gasteiger partial charge in [0.05, 0.1) is 30.7 Å². The molecule has 2 amide bonds. The summed E-state index contributed by atoms with van der Waals surface area (Å²) >= 11 is 11.8. The Morgan fingerprint density at radius 3 is 2.36 bits per heavy atom. The molecule has 2 rings (SSSR count). The highest BCUT2D eigenvalue weighted by Crippen LogP contribution is 2.27. The average Bonchev–Trinajstić information content (AvgIpc) is 2.68. The molecular formula is C19H19Cl2N3O4. The van der Waals surface area contributed by atoms with E-state index < -0.39 is 5.91 Å². The molecular weight excluding hydrogens is 405 g/mol. The number of benzene rings is 2. The first-order valence-electron chi connectivity index (χ1n) is 8.14. The van der Waals surface area contributed by atoms with Crippen molar-refractivity contribution in [3.05, 3.63) is 52.0 Å². The largest absolute Gasteiger partial charge is 0.493 e. The molecule has 2 aromatic carbocycles. The first-order chi connectivity index (χ1) is 13.3. The Labute approximate surface area is 172 Å². The Morgan fingerprint density at radius 1 is 1.00 bits per heavy atom. The van der Waals surface area contributed by atoms with Gasteiger partial charge in [-0.1, -0.05) is 23.2 Å². The van der Waals surface area contributed by atoms with Gasteiger partial charge in [-0.05, 0) is 43.3 Å². The summed E-state index contributed by atoms with van der Waals surface area (Å²) in [4.78, 5) is 24.3. The minimum Gasteiger partial charge on any atom is -0.493 e. The zero-order chi connectivity index (χ0) is 20.7. The van der Waals surface area contributed by atoms with Crippen LogP contribution in [0.2, 0.25) is 10.0 Å². The number of amides is 2. The fourth-order valence-electron chi connectivity index (χ4n) is 2.24. The van der Waals surface area contributed by atoms with Gasteiger partial charge in [-0.25, -0.2) is 5.43 Å². The monoisotopic (exact) mass is 423 g/mol. The zero-order valence-corrected chi connectivity index (χ0v) is 17.0. The lowest BCUT2D eigenvalue weighted by molar-refractivity contribution is -0.115. The van der Waals surface area contributed by atoms with Gasteiger partial charge < -0.3 is 14.8 Å². The normalized spacial score (nSPS) is 11.0. The third kappa shape index (κ3) is 5.87. The van der Waals surface area contributed by atoms with Crippen molar-refractivity contribution in [2.24, 2.45) is 5.10 Å². The van der Waals surface area contributed by atoms with Crippen LogP contribution in [0.4, 0.5) is 5.69 Å². The summed E-state index contributed by atoms with van der Waals surface area (Å²) in [5.41, 5.74) is 3.69. The minimum absolute atomic E-state index is 0.00748. The molecule has 0 aromatic heterocycles. The molecule has 2 aromatic rings. The van der Waals surface area contributed by atoms with E-state index in [2.05, 4.69) is 15.8 Å². The fourth-order valence-corrected chi connectivity index (χ4v) is 2.54. The van der Waals surface area contributed by atoms with Gasteiger partial charge in [0, 0.05) is 17.0 Å². The Kier molecular flexibility index (Phi) is 7.66. The van der Waals surface area contributed by atoms with E-state index in [0.717, 1.165) is 0 Å². The smallest absolute Gasteiger partial charge is 0.271 e. The van der Waals surface area contributed by atoms with Crippen molar-refractivity contribution in [1.29, 1.82) is 0 Å². The van der Waals surface area contributed by atoms with Crippen molar-refractivity contribution in [3.63, 3.8) is 0 Å². The van der Waals surface area contributed by atoms with Crippen molar-refractivity contribution >= 4 is 46.4 Å². The van der Waals surface area contributed by atoms with Crippen LogP contribution >= 0.6 is 23.2 Å². The van der Waals surface area contributed by atoms with Crippen LogP contribution in [0.3, 0.4) is 0 Å². The van der Waals surface area contributed by atoms with E-state index in [1.807, 2.05) is 0 Å². The number of nitrogens with zero attached hydrogens (tertiary/aromatic N) is 1. The Balaban J connectivity index is 1.95. The number of nitrogens with one attached hydrogen (secondary N) is 2. The van der Waals surface area contributed by atoms with Crippen LogP contribution in [-0.4, -0.2) is 31.7 Å². The topological polar surface area (TPSA) is 89.0 Å². The third-order valence-corrected chi connectivity index (χ3v) is 4.35. The van der Waals surface area contributed by atoms with E-state index in [1.165, 1.54) is 20.3 Å². The molecule has 0 bridgehead atoms. The number of carbonyl (C=O) groups excluding carboxylic acids is 2. The van der Waals surface area contributed by atoms with Crippen LogP contribution in [0.5, 0.6) is 11.5 Å². The lowest BCUT2D eigenvalue weighted by Gasteiger charge is -2.09. The van der Waals surface area contributed by atoms with E-state index in [1.54, 1.807) is 37.3 Å². The summed E-state index contributed by atoms with van der Waals surface area (Å²) in [6.45, 7) is 1.63. The second kappa shape index (κ2) is 9.96. The second-order valence-corrected chi connectivity index (χ2v) is 6.53. The van der Waals surface area contributed by atoms with Crippen molar-refractivity contribution < 1.29 is 19.1 Å². The second-order valence-electron chi connectivity index (χ2n) is 5.71. The molecule has 2 N–H and O–H groups in total. The van der Waals surface area contributed by atoms with Gasteiger partial charge in [0.2, 0.25) is 5.91 Å². The fraction of sp³-hybridized carbons (Fsp3) is 0.211. The average molecular weight is 424 g/mol. The quantitative estimate of drug-likeness (QED) is 0.517. The summed E-state index contributed by atoms with van der Waals surface area (Å²) in [6.07, 6.45) is -0.00748. The van der Waals surface area contributed by atoms with Crippen molar-refractivity contribution in [2.75, 3.05) is 19.5 Å². The summed E-state index contributed by atoms with van der Waals surface area (Å²) in [6, 6.07) is 9.51. The number of hydrogen-bond donors (Lipinski definition) is 2. The Bertz CT molecular complexity index is 916. The van der Waals surface area contributed by atoms with E-state index in [0.29, 0.717) is 38.5 Å². The summed E-state index contributed by atoms with van der Waals surface area (Å²) < 4.78 is 10.3. The molecule has 0 atom stereocenters. The van der Waals surface area contributed by atoms with Gasteiger partial charge in [0.1, 0.15) is 0 Å². The van der Waals surface area contributed by atoms with Crippen molar-refractivity contribution in [1.82, 2.24) is 5.43 Å². The summed E-state index contributed by atoms with van der Waals surface area (Å²) in [5.74, 6) is 0.194. The van der Waals surface area contributed by atoms with Gasteiger partial charge >= 0.3 is 0 Å². The van der Waals surface area contributed by atoms with Crippen LogP contribution in [0.25, 0.3) is 0 Å². The van der Waals surface area contributed by atoms with E-state index in [-0.39, 0.29) is 12.3 Å². The molecule has 0 aliphatic heterocycles. The molecule has 148 valence electrons. The number of ether oxygens (including phenoxy) is 2. The molecule has 0 spiro atoms. The molecule has 0 saturated heterocycles. The van der Waals surface area contributed by atoms with Crippen LogP contribution < -0.4 is 20.2 Å². The van der Waals surface area contributed by atoms with Crippen LogP contribution in [-0.2, 0) is 4.79 Å². The summed E-state index contributed by atoms with van der Waals surface area (Å²) in [7, 11) is 2.99. The Hall–Kier alpha value is -2.77. The van der Waals surface area contributed by atoms with Gasteiger partial charge in [0.25, 0.3) is 5.91 Å². The molecule has 0 radical (unpaired) electrons. The van der Waals surface area contributed by atoms with E-state index in [9.17, 15) is 9.59 Å². The van der Waals surface area contributed by atoms with E-state index in [4.69, 9.17) is 32.7 Å². The first-order valence-corrected chi connectivity index (χ1v) is 8.90. The van der Waals surface area contributed by atoms with Gasteiger partial charge in [-0.15, -0.1) is 0 Å². The summed E-state index contributed by atoms with van der Waals surface area (Å²) in [5, 5.41) is 7.37. The van der Waals surface area contributed by atoms with Crippen molar-refractivity contribution in [3.8, 4) is 11.5 Å². The third-order valence-electron chi connectivity index (χ3n) is 3.61. The molecule has 0 aliphatic rings. The molecule has 0 fully saturated rings. The minimum atomic E-state index is -0.440. The number of hydrogen-bond acceptors (Lipinski definition) is 5. The van der Waals surface area contributed by atoms with Crippen LogP contribution in [0.15, 0.2) is 41.5 Å². The number of rotatable bonds is 7. The van der Waals surface area contributed by atoms with E-state index >= 15 is 0 Å². The predicted octanol–water partition coefficient (Wildman–Crippen LogP) is 4.15. The molecule has 28 heavy (non-hydrogen) atoms. The maximum atomic E-state index is 12.2. The number of halogens is 2. The molecule has 0 heterocycles. The molecule has 0 saturated carbocycles. The maximum Gasteiger partial charge on any atom is 0.271 e. The lowest BCUT2D eigenvalue weighted by atomic mass is 10.2. The van der Waals surface area contributed by atoms with Gasteiger partial charge in [-0.3, -0.25) is 9.59 Å². The SMILES string of the molecule is COc1ccc(C(=O)N/N=C(\C)CC(=O)Nc2ccc(Cl)c(Cl)c2)cc1OC. The standard InChI is InChI=1S/C19H19Cl2N3O4/c1-11(8-18(25)22-13-5-6-14(20)15(21)10-13)23-24-19(26)12-4-7-16(27-2)17(9-12)28-3/h4-7,9-10H,8H2,1-3H3,(H,22,25)(H,24,26)/b23-11+. The maximum absolute atomic E-state index is 12.2. The van der Waals surface area contributed by atoms with Crippen LogP contribution in [0, 0.1) is 0 Å². The lowest BCUT2D eigenvalue weighted by Crippen LogP contribution is -2.21. The molecule has 9 heteroatoms. The Morgan fingerprint density at radius 2 is 1.71 bits per heavy atom. The number of hydrazone groups is 1. The van der Waals surface area contributed by atoms with Gasteiger partial charge in [0.15, 0.2) is 11.5 Å². The van der Waals surface area contributed by atoms with Crippen LogP contribution in [0.1, 0.15) is 23.7 Å². The highest BCUT2D eigenvalue weighted by Gasteiger charge is 2.11. The van der Waals surface area contributed by atoms with Crippen molar-refractivity contribution in [2.45, 2.75) is 13.3 Å². The highest BCUT2D eigenvalue weighted by atomic mass is 35.5.